The minimum Gasteiger partial charge on any atom is -0.451 e. The summed E-state index contributed by atoms with van der Waals surface area (Å²) in [6.07, 6.45) is 1.74. The fourth-order valence-electron chi connectivity index (χ4n) is 2.71. The number of benzene rings is 2. The first-order chi connectivity index (χ1) is 13.2. The summed E-state index contributed by atoms with van der Waals surface area (Å²) in [5, 5.41) is 6.71. The molecule has 2 aromatic carbocycles. The van der Waals surface area contributed by atoms with E-state index in [4.69, 9.17) is 16.6 Å². The lowest BCUT2D eigenvalue weighted by molar-refractivity contribution is 0.0953. The number of furan rings is 1. The summed E-state index contributed by atoms with van der Waals surface area (Å²) in [4.78, 5) is 16.7. The Morgan fingerprint density at radius 3 is 2.63 bits per heavy atom. The number of nitrogens with one attached hydrogen (secondary N) is 2. The van der Waals surface area contributed by atoms with Crippen molar-refractivity contribution in [3.63, 3.8) is 0 Å². The molecule has 27 heavy (non-hydrogen) atoms. The number of hydrogen-bond donors (Lipinski definition) is 2. The molecular formula is C21H15N3O2S. The Morgan fingerprint density at radius 1 is 0.963 bits per heavy atom. The first kappa shape index (κ1) is 16.9. The molecule has 4 rings (SSSR count). The molecule has 0 aliphatic carbocycles. The Balaban J connectivity index is 1.45. The lowest BCUT2D eigenvalue weighted by Gasteiger charge is -2.10. The van der Waals surface area contributed by atoms with E-state index in [1.54, 1.807) is 12.3 Å². The second-order valence-corrected chi connectivity index (χ2v) is 6.26. The minimum absolute atomic E-state index is 0.193. The number of anilines is 1. The molecule has 1 amide bonds. The zero-order valence-corrected chi connectivity index (χ0v) is 15.0. The van der Waals surface area contributed by atoms with E-state index in [1.807, 2.05) is 66.7 Å². The molecule has 0 atom stereocenters. The molecule has 6 heteroatoms. The minimum atomic E-state index is -0.399. The molecule has 0 fully saturated rings. The topological polar surface area (TPSA) is 67.2 Å². The number of fused-ring (bicyclic) bond motifs is 1. The quantitative estimate of drug-likeness (QED) is 0.513. The zero-order valence-electron chi connectivity index (χ0n) is 14.2. The highest BCUT2D eigenvalue weighted by atomic mass is 32.1. The van der Waals surface area contributed by atoms with Gasteiger partial charge < -0.3 is 9.73 Å². The Labute approximate surface area is 161 Å². The lowest BCUT2D eigenvalue weighted by Crippen LogP contribution is -2.33. The van der Waals surface area contributed by atoms with Crippen molar-refractivity contribution in [2.45, 2.75) is 0 Å². The molecule has 0 aliphatic heterocycles. The van der Waals surface area contributed by atoms with E-state index in [9.17, 15) is 4.79 Å². The van der Waals surface area contributed by atoms with Gasteiger partial charge in [-0.05, 0) is 48.6 Å². The Hall–Kier alpha value is -3.51. The van der Waals surface area contributed by atoms with Crippen molar-refractivity contribution in [2.24, 2.45) is 0 Å². The van der Waals surface area contributed by atoms with E-state index in [0.717, 1.165) is 22.3 Å². The number of rotatable bonds is 3. The van der Waals surface area contributed by atoms with Crippen molar-refractivity contribution in [1.29, 1.82) is 0 Å². The van der Waals surface area contributed by atoms with Crippen molar-refractivity contribution in [2.75, 3.05) is 5.32 Å². The van der Waals surface area contributed by atoms with E-state index < -0.39 is 5.91 Å². The molecule has 0 saturated heterocycles. The molecule has 0 unspecified atom stereocenters. The van der Waals surface area contributed by atoms with Crippen LogP contribution in [0.2, 0.25) is 0 Å². The fraction of sp³-hybridized carbons (Fsp3) is 0. The van der Waals surface area contributed by atoms with Crippen LogP contribution in [0.25, 0.3) is 22.2 Å². The second kappa shape index (κ2) is 7.39. The first-order valence-corrected chi connectivity index (χ1v) is 8.72. The highest BCUT2D eigenvalue weighted by molar-refractivity contribution is 7.80. The molecule has 0 bridgehead atoms. The first-order valence-electron chi connectivity index (χ1n) is 8.31. The molecule has 0 aliphatic rings. The standard InChI is InChI=1S/C21H15N3O2S/c25-20(19-13-15-6-1-2-10-18(15)26-19)24-21(27)23-16-8-5-7-14(12-16)17-9-3-4-11-22-17/h1-13H,(H2,23,24,25,27). The Kier molecular flexibility index (Phi) is 4.63. The van der Waals surface area contributed by atoms with E-state index in [0.29, 0.717) is 5.58 Å². The number of aromatic nitrogens is 1. The molecule has 132 valence electrons. The van der Waals surface area contributed by atoms with Crippen LogP contribution < -0.4 is 10.6 Å². The largest absolute Gasteiger partial charge is 0.451 e. The number of carbonyl (C=O) groups is 1. The maximum atomic E-state index is 12.4. The molecule has 5 nitrogen and oxygen atoms in total. The number of para-hydroxylation sites is 1. The van der Waals surface area contributed by atoms with E-state index in [2.05, 4.69) is 15.6 Å². The van der Waals surface area contributed by atoms with E-state index in [-0.39, 0.29) is 10.9 Å². The summed E-state index contributed by atoms with van der Waals surface area (Å²) < 4.78 is 5.55. The molecule has 0 radical (unpaired) electrons. The van der Waals surface area contributed by atoms with Crippen LogP contribution in [0.3, 0.4) is 0 Å². The molecule has 2 heterocycles. The molecule has 2 N–H and O–H groups in total. The number of carbonyl (C=O) groups excluding carboxylic acids is 1. The summed E-state index contributed by atoms with van der Waals surface area (Å²) in [6.45, 7) is 0. The third kappa shape index (κ3) is 3.86. The van der Waals surface area contributed by atoms with Crippen LogP contribution >= 0.6 is 12.2 Å². The fourth-order valence-corrected chi connectivity index (χ4v) is 2.92. The molecule has 2 aromatic heterocycles. The van der Waals surface area contributed by atoms with Crippen LogP contribution in [0.15, 0.2) is 83.4 Å². The smallest absolute Gasteiger partial charge is 0.293 e. The second-order valence-electron chi connectivity index (χ2n) is 5.85. The van der Waals surface area contributed by atoms with Gasteiger partial charge in [-0.2, -0.15) is 0 Å². The highest BCUT2D eigenvalue weighted by Crippen LogP contribution is 2.21. The summed E-state index contributed by atoms with van der Waals surface area (Å²) in [5.74, 6) is -0.188. The van der Waals surface area contributed by atoms with Gasteiger partial charge in [0.25, 0.3) is 5.91 Å². The number of hydrogen-bond acceptors (Lipinski definition) is 4. The molecular weight excluding hydrogens is 358 g/mol. The average Bonchev–Trinajstić information content (AvgIpc) is 3.13. The zero-order chi connectivity index (χ0) is 18.6. The third-order valence-electron chi connectivity index (χ3n) is 3.96. The van der Waals surface area contributed by atoms with Crippen molar-refractivity contribution in [3.8, 4) is 11.3 Å². The molecule has 0 saturated carbocycles. The number of amides is 1. The van der Waals surface area contributed by atoms with Gasteiger partial charge in [0.1, 0.15) is 5.58 Å². The average molecular weight is 373 g/mol. The highest BCUT2D eigenvalue weighted by Gasteiger charge is 2.13. The van der Waals surface area contributed by atoms with Gasteiger partial charge in [0.05, 0.1) is 5.69 Å². The monoisotopic (exact) mass is 373 g/mol. The Bertz CT molecular complexity index is 1090. The summed E-state index contributed by atoms with van der Waals surface area (Å²) in [5.41, 5.74) is 3.23. The predicted molar refractivity (Wildman–Crippen MR) is 110 cm³/mol. The lowest BCUT2D eigenvalue weighted by atomic mass is 10.1. The van der Waals surface area contributed by atoms with Crippen LogP contribution in [-0.2, 0) is 0 Å². The van der Waals surface area contributed by atoms with Gasteiger partial charge in [-0.1, -0.05) is 36.4 Å². The van der Waals surface area contributed by atoms with Crippen LogP contribution in [0.4, 0.5) is 5.69 Å². The van der Waals surface area contributed by atoms with Crippen molar-refractivity contribution >= 4 is 39.9 Å². The summed E-state index contributed by atoms with van der Waals surface area (Å²) >= 11 is 5.25. The van der Waals surface area contributed by atoms with Gasteiger partial charge in [-0.3, -0.25) is 15.1 Å². The summed E-state index contributed by atoms with van der Waals surface area (Å²) in [6, 6.07) is 22.5. The normalized spacial score (nSPS) is 10.5. The van der Waals surface area contributed by atoms with E-state index >= 15 is 0 Å². The van der Waals surface area contributed by atoms with Gasteiger partial charge in [-0.15, -0.1) is 0 Å². The van der Waals surface area contributed by atoms with Gasteiger partial charge in [-0.25, -0.2) is 0 Å². The van der Waals surface area contributed by atoms with Crippen LogP contribution in [-0.4, -0.2) is 16.0 Å². The van der Waals surface area contributed by atoms with E-state index in [1.165, 1.54) is 0 Å². The van der Waals surface area contributed by atoms with Gasteiger partial charge >= 0.3 is 0 Å². The van der Waals surface area contributed by atoms with Crippen molar-refractivity contribution < 1.29 is 9.21 Å². The van der Waals surface area contributed by atoms with Crippen LogP contribution in [0.5, 0.6) is 0 Å². The van der Waals surface area contributed by atoms with Gasteiger partial charge in [0.15, 0.2) is 10.9 Å². The summed E-state index contributed by atoms with van der Waals surface area (Å²) in [7, 11) is 0. The van der Waals surface area contributed by atoms with Gasteiger partial charge in [0, 0.05) is 22.8 Å². The Morgan fingerprint density at radius 2 is 1.81 bits per heavy atom. The van der Waals surface area contributed by atoms with Gasteiger partial charge in [0.2, 0.25) is 0 Å². The van der Waals surface area contributed by atoms with Crippen molar-refractivity contribution in [3.05, 3.63) is 84.8 Å². The molecule has 0 spiro atoms. The number of pyridine rings is 1. The van der Waals surface area contributed by atoms with Crippen molar-refractivity contribution in [1.82, 2.24) is 10.3 Å². The SMILES string of the molecule is O=C(NC(=S)Nc1cccc(-c2ccccn2)c1)c1cc2ccccc2o1. The maximum absolute atomic E-state index is 12.4. The predicted octanol–water partition coefficient (Wildman–Crippen LogP) is 4.62. The van der Waals surface area contributed by atoms with Crippen LogP contribution in [0.1, 0.15) is 10.6 Å². The third-order valence-corrected chi connectivity index (χ3v) is 4.16. The van der Waals surface area contributed by atoms with Crippen LogP contribution in [0, 0.1) is 0 Å². The molecule has 4 aromatic rings. The number of nitrogens with zero attached hydrogens (tertiary/aromatic N) is 1. The maximum Gasteiger partial charge on any atom is 0.293 e. The number of thiocarbonyl (C=S) groups is 1.